The number of ether oxygens (including phenoxy) is 1. The number of carbonyl (C=O) groups is 1. The second-order valence-electron chi connectivity index (χ2n) is 7.59. The zero-order valence-corrected chi connectivity index (χ0v) is 16.4. The number of nitrogens with zero attached hydrogens (tertiary/aromatic N) is 4. The smallest absolute Gasteiger partial charge is 0.291 e. The van der Waals surface area contributed by atoms with Crippen molar-refractivity contribution in [3.05, 3.63) is 22.1 Å². The van der Waals surface area contributed by atoms with Gasteiger partial charge in [-0.3, -0.25) is 4.79 Å². The molecule has 142 valence electrons. The predicted molar refractivity (Wildman–Crippen MR) is 104 cm³/mol. The summed E-state index contributed by atoms with van der Waals surface area (Å²) in [5, 5.41) is 8.45. The fourth-order valence-corrected chi connectivity index (χ4v) is 5.65. The lowest BCUT2D eigenvalue weighted by Crippen LogP contribution is -2.32. The lowest BCUT2D eigenvalue weighted by Gasteiger charge is -2.18. The van der Waals surface area contributed by atoms with Crippen LogP contribution in [0.5, 0.6) is 0 Å². The first kappa shape index (κ1) is 17.1. The molecule has 2 aliphatic rings. The molecule has 1 aliphatic heterocycles. The van der Waals surface area contributed by atoms with E-state index in [2.05, 4.69) is 22.3 Å². The van der Waals surface area contributed by atoms with E-state index < -0.39 is 0 Å². The maximum absolute atomic E-state index is 12.6. The Hall–Kier alpha value is -2.06. The minimum absolute atomic E-state index is 0.103. The SMILES string of the molecule is Cc1nc2sc3c(c2c2nc(C(=O)NC[C@@H]4CCCO4)nn12)[C@@H](C)CCC3. The summed E-state index contributed by atoms with van der Waals surface area (Å²) < 4.78 is 7.29. The Morgan fingerprint density at radius 1 is 1.33 bits per heavy atom. The van der Waals surface area contributed by atoms with E-state index in [-0.39, 0.29) is 17.8 Å². The van der Waals surface area contributed by atoms with Gasteiger partial charge in [-0.1, -0.05) is 6.92 Å². The van der Waals surface area contributed by atoms with Crippen molar-refractivity contribution in [3.8, 4) is 0 Å². The van der Waals surface area contributed by atoms with Gasteiger partial charge < -0.3 is 10.1 Å². The molecule has 7 nitrogen and oxygen atoms in total. The molecule has 1 fully saturated rings. The van der Waals surface area contributed by atoms with E-state index >= 15 is 0 Å². The monoisotopic (exact) mass is 385 g/mol. The Labute approximate surface area is 161 Å². The third kappa shape index (κ3) is 2.82. The molecule has 4 heterocycles. The average molecular weight is 385 g/mol. The molecule has 0 bridgehead atoms. The summed E-state index contributed by atoms with van der Waals surface area (Å²) in [5.41, 5.74) is 2.11. The van der Waals surface area contributed by atoms with Gasteiger partial charge in [-0.05, 0) is 50.5 Å². The highest BCUT2D eigenvalue weighted by atomic mass is 32.1. The molecule has 0 saturated carbocycles. The lowest BCUT2D eigenvalue weighted by atomic mass is 9.87. The van der Waals surface area contributed by atoms with Gasteiger partial charge in [-0.15, -0.1) is 16.4 Å². The zero-order chi connectivity index (χ0) is 18.5. The van der Waals surface area contributed by atoms with Gasteiger partial charge in [0.05, 0.1) is 11.5 Å². The summed E-state index contributed by atoms with van der Waals surface area (Å²) in [6.45, 7) is 5.47. The van der Waals surface area contributed by atoms with Gasteiger partial charge in [0.1, 0.15) is 10.7 Å². The summed E-state index contributed by atoms with van der Waals surface area (Å²) in [6.07, 6.45) is 5.65. The number of thiophene rings is 1. The third-order valence-electron chi connectivity index (χ3n) is 5.66. The highest BCUT2D eigenvalue weighted by molar-refractivity contribution is 7.19. The van der Waals surface area contributed by atoms with Crippen molar-refractivity contribution in [1.82, 2.24) is 24.9 Å². The first-order valence-corrected chi connectivity index (χ1v) is 10.5. The van der Waals surface area contributed by atoms with E-state index in [4.69, 9.17) is 9.72 Å². The molecule has 3 aromatic heterocycles. The number of fused-ring (bicyclic) bond motifs is 5. The Morgan fingerprint density at radius 3 is 3.04 bits per heavy atom. The summed E-state index contributed by atoms with van der Waals surface area (Å²) in [5.74, 6) is 1.20. The van der Waals surface area contributed by atoms with Gasteiger partial charge in [0.25, 0.3) is 5.91 Å². The Morgan fingerprint density at radius 2 is 2.22 bits per heavy atom. The molecule has 1 aliphatic carbocycles. The van der Waals surface area contributed by atoms with Crippen molar-refractivity contribution in [2.24, 2.45) is 0 Å². The molecule has 1 saturated heterocycles. The van der Waals surface area contributed by atoms with Gasteiger partial charge in [-0.2, -0.15) is 4.52 Å². The number of hydrogen-bond donors (Lipinski definition) is 1. The lowest BCUT2D eigenvalue weighted by molar-refractivity contribution is 0.0849. The molecule has 8 heteroatoms. The Balaban J connectivity index is 1.55. The molecule has 1 N–H and O–H groups in total. The van der Waals surface area contributed by atoms with Crippen LogP contribution in [0.1, 0.15) is 65.4 Å². The van der Waals surface area contributed by atoms with E-state index in [0.717, 1.165) is 47.6 Å². The second kappa shape index (κ2) is 6.53. The maximum atomic E-state index is 12.6. The third-order valence-corrected chi connectivity index (χ3v) is 6.81. The number of amides is 1. The molecular formula is C19H23N5O2S. The van der Waals surface area contributed by atoms with Crippen LogP contribution in [0.15, 0.2) is 0 Å². The van der Waals surface area contributed by atoms with E-state index in [1.54, 1.807) is 15.9 Å². The van der Waals surface area contributed by atoms with Gasteiger partial charge in [0.2, 0.25) is 5.82 Å². The second-order valence-corrected chi connectivity index (χ2v) is 8.67. The maximum Gasteiger partial charge on any atom is 0.291 e. The number of nitrogens with one attached hydrogen (secondary N) is 1. The van der Waals surface area contributed by atoms with Gasteiger partial charge in [0.15, 0.2) is 5.65 Å². The summed E-state index contributed by atoms with van der Waals surface area (Å²) >= 11 is 1.77. The first-order valence-electron chi connectivity index (χ1n) is 9.70. The topological polar surface area (TPSA) is 81.4 Å². The minimum Gasteiger partial charge on any atom is -0.376 e. The molecular weight excluding hydrogens is 362 g/mol. The standard InChI is InChI=1S/C19H23N5O2S/c1-10-5-3-7-13-14(10)15-17-22-16(18(25)20-9-12-6-4-8-26-12)23-24(17)11(2)21-19(15)27-13/h10,12H,3-9H2,1-2H3,(H,20,25)/t10-,12-/m0/s1. The zero-order valence-electron chi connectivity index (χ0n) is 15.6. The Kier molecular flexibility index (Phi) is 4.12. The van der Waals surface area contributed by atoms with E-state index in [9.17, 15) is 4.79 Å². The number of carbonyl (C=O) groups excluding carboxylic acids is 1. The van der Waals surface area contributed by atoms with Crippen LogP contribution in [-0.4, -0.2) is 44.7 Å². The van der Waals surface area contributed by atoms with Crippen molar-refractivity contribution in [2.45, 2.75) is 58.0 Å². The van der Waals surface area contributed by atoms with Gasteiger partial charge >= 0.3 is 0 Å². The molecule has 0 aromatic carbocycles. The highest BCUT2D eigenvalue weighted by Gasteiger charge is 2.27. The van der Waals surface area contributed by atoms with Crippen molar-refractivity contribution < 1.29 is 9.53 Å². The normalized spacial score (nSPS) is 22.4. The summed E-state index contributed by atoms with van der Waals surface area (Å²) in [6, 6.07) is 0. The number of rotatable bonds is 3. The van der Waals surface area contributed by atoms with Crippen molar-refractivity contribution in [2.75, 3.05) is 13.2 Å². The molecule has 1 amide bonds. The van der Waals surface area contributed by atoms with Crippen LogP contribution in [0.3, 0.4) is 0 Å². The number of hydrogen-bond acceptors (Lipinski definition) is 6. The van der Waals surface area contributed by atoms with Crippen LogP contribution >= 0.6 is 11.3 Å². The van der Waals surface area contributed by atoms with Crippen molar-refractivity contribution in [1.29, 1.82) is 0 Å². The average Bonchev–Trinajstić information content (AvgIpc) is 3.37. The quantitative estimate of drug-likeness (QED) is 0.750. The fourth-order valence-electron chi connectivity index (χ4n) is 4.27. The first-order chi connectivity index (χ1) is 13.1. The van der Waals surface area contributed by atoms with E-state index in [1.807, 2.05) is 6.92 Å². The number of aryl methyl sites for hydroxylation is 2. The van der Waals surface area contributed by atoms with Crippen LogP contribution in [0.2, 0.25) is 0 Å². The highest BCUT2D eigenvalue weighted by Crippen LogP contribution is 2.42. The number of aromatic nitrogens is 4. The van der Waals surface area contributed by atoms with Crippen LogP contribution in [0.25, 0.3) is 15.9 Å². The molecule has 2 atom stereocenters. The summed E-state index contributed by atoms with van der Waals surface area (Å²) in [7, 11) is 0. The molecule has 0 spiro atoms. The molecule has 3 aromatic rings. The molecule has 0 unspecified atom stereocenters. The molecule has 27 heavy (non-hydrogen) atoms. The van der Waals surface area contributed by atoms with Crippen LogP contribution in [0, 0.1) is 6.92 Å². The Bertz CT molecular complexity index is 1030. The molecule has 5 rings (SSSR count). The largest absolute Gasteiger partial charge is 0.376 e. The fraction of sp³-hybridized carbons (Fsp3) is 0.579. The van der Waals surface area contributed by atoms with Crippen LogP contribution < -0.4 is 5.32 Å². The van der Waals surface area contributed by atoms with Crippen molar-refractivity contribution in [3.63, 3.8) is 0 Å². The van der Waals surface area contributed by atoms with Gasteiger partial charge in [-0.25, -0.2) is 9.97 Å². The molecule has 0 radical (unpaired) electrons. The van der Waals surface area contributed by atoms with Crippen molar-refractivity contribution >= 4 is 33.1 Å². The van der Waals surface area contributed by atoms with E-state index in [0.29, 0.717) is 12.5 Å². The van der Waals surface area contributed by atoms with Crippen LogP contribution in [-0.2, 0) is 11.2 Å². The van der Waals surface area contributed by atoms with E-state index in [1.165, 1.54) is 23.3 Å². The summed E-state index contributed by atoms with van der Waals surface area (Å²) in [4.78, 5) is 24.4. The van der Waals surface area contributed by atoms with Gasteiger partial charge in [0, 0.05) is 18.0 Å². The minimum atomic E-state index is -0.251. The predicted octanol–water partition coefficient (Wildman–Crippen LogP) is 3.00. The van der Waals surface area contributed by atoms with Crippen LogP contribution in [0.4, 0.5) is 0 Å².